The van der Waals surface area contributed by atoms with Crippen molar-refractivity contribution in [3.63, 3.8) is 0 Å². The van der Waals surface area contributed by atoms with Gasteiger partial charge in [0.25, 0.3) is 5.92 Å². The summed E-state index contributed by atoms with van der Waals surface area (Å²) in [5.41, 5.74) is 0.698. The summed E-state index contributed by atoms with van der Waals surface area (Å²) >= 11 is 0. The van der Waals surface area contributed by atoms with Gasteiger partial charge in [-0.05, 0) is 25.1 Å². The van der Waals surface area contributed by atoms with Crippen LogP contribution in [-0.4, -0.2) is 52.3 Å². The second-order valence-electron chi connectivity index (χ2n) is 6.82. The van der Waals surface area contributed by atoms with Crippen LogP contribution in [0.2, 0.25) is 0 Å². The van der Waals surface area contributed by atoms with E-state index in [1.54, 1.807) is 6.92 Å². The van der Waals surface area contributed by atoms with Crippen molar-refractivity contribution in [2.24, 2.45) is 0 Å². The highest BCUT2D eigenvalue weighted by Crippen LogP contribution is 2.45. The van der Waals surface area contributed by atoms with Gasteiger partial charge < -0.3 is 14.4 Å². The molecule has 1 aromatic carbocycles. The number of nitrogens with zero attached hydrogens (tertiary/aromatic N) is 4. The first kappa shape index (κ1) is 19.9. The average molecular weight is 421 g/mol. The summed E-state index contributed by atoms with van der Waals surface area (Å²) in [6.07, 6.45) is 0.786. The van der Waals surface area contributed by atoms with E-state index in [1.807, 2.05) is 0 Å². The van der Waals surface area contributed by atoms with Crippen LogP contribution in [0.1, 0.15) is 35.4 Å². The predicted octanol–water partition coefficient (Wildman–Crippen LogP) is 3.26. The Labute approximate surface area is 169 Å². The van der Waals surface area contributed by atoms with Crippen LogP contribution in [0.4, 0.5) is 19.1 Å². The molecule has 1 N–H and O–H groups in total. The van der Waals surface area contributed by atoms with Crippen LogP contribution in [0.15, 0.2) is 24.4 Å². The Morgan fingerprint density at radius 2 is 2.20 bits per heavy atom. The second kappa shape index (κ2) is 7.47. The number of benzene rings is 1. The topological polar surface area (TPSA) is 93.2 Å². The Kier molecular flexibility index (Phi) is 4.96. The maximum Gasteiger partial charge on any atom is 0.361 e. The van der Waals surface area contributed by atoms with E-state index in [4.69, 9.17) is 9.47 Å². The standard InChI is InChI=1S/C19H18F3N5O3/c1-3-30-17(28)16-15-12(25-26-16)8-23-18(24-15)27-9-19(21,22)7-13(27)11-6-10(20)4-5-14(11)29-2/h4-6,8,13H,3,7,9H2,1-2H3,(H,25,26). The number of halogens is 3. The number of carbonyl (C=O) groups excluding carboxylic acids is 1. The van der Waals surface area contributed by atoms with E-state index in [9.17, 15) is 18.0 Å². The lowest BCUT2D eigenvalue weighted by molar-refractivity contribution is 0.0221. The number of ether oxygens (including phenoxy) is 2. The molecular formula is C19H18F3N5O3. The fraction of sp³-hybridized carbons (Fsp3) is 0.368. The van der Waals surface area contributed by atoms with E-state index in [2.05, 4.69) is 20.2 Å². The van der Waals surface area contributed by atoms with Crippen molar-refractivity contribution in [2.45, 2.75) is 25.3 Å². The number of methoxy groups -OCH3 is 1. The normalized spacial score (nSPS) is 18.0. The number of aromatic nitrogens is 4. The third-order valence-corrected chi connectivity index (χ3v) is 4.83. The van der Waals surface area contributed by atoms with Gasteiger partial charge in [-0.25, -0.2) is 27.9 Å². The number of hydrogen-bond acceptors (Lipinski definition) is 7. The molecule has 0 aliphatic carbocycles. The smallest absolute Gasteiger partial charge is 0.361 e. The second-order valence-corrected chi connectivity index (χ2v) is 6.82. The maximum atomic E-state index is 14.4. The third kappa shape index (κ3) is 3.51. The van der Waals surface area contributed by atoms with Crippen LogP contribution < -0.4 is 9.64 Å². The van der Waals surface area contributed by atoms with Crippen molar-refractivity contribution in [3.8, 4) is 5.75 Å². The molecular weight excluding hydrogens is 403 g/mol. The minimum Gasteiger partial charge on any atom is -0.496 e. The van der Waals surface area contributed by atoms with Gasteiger partial charge in [-0.2, -0.15) is 5.10 Å². The Balaban J connectivity index is 1.79. The zero-order valence-corrected chi connectivity index (χ0v) is 16.2. The van der Waals surface area contributed by atoms with Crippen molar-refractivity contribution in [1.29, 1.82) is 0 Å². The molecule has 1 saturated heterocycles. The number of rotatable bonds is 5. The number of alkyl halides is 2. The molecule has 0 saturated carbocycles. The third-order valence-electron chi connectivity index (χ3n) is 4.83. The predicted molar refractivity (Wildman–Crippen MR) is 100 cm³/mol. The van der Waals surface area contributed by atoms with Crippen LogP contribution in [0.3, 0.4) is 0 Å². The molecule has 2 aromatic heterocycles. The minimum atomic E-state index is -3.05. The summed E-state index contributed by atoms with van der Waals surface area (Å²) in [6.45, 7) is 1.12. The molecule has 0 amide bonds. The van der Waals surface area contributed by atoms with Gasteiger partial charge in [0.05, 0.1) is 32.5 Å². The highest BCUT2D eigenvalue weighted by Gasteiger charge is 2.47. The van der Waals surface area contributed by atoms with E-state index in [0.717, 1.165) is 0 Å². The molecule has 8 nitrogen and oxygen atoms in total. The van der Waals surface area contributed by atoms with E-state index in [1.165, 1.54) is 36.4 Å². The summed E-state index contributed by atoms with van der Waals surface area (Å²) in [6, 6.07) is 2.82. The molecule has 0 bridgehead atoms. The molecule has 158 valence electrons. The number of hydrogen-bond donors (Lipinski definition) is 1. The van der Waals surface area contributed by atoms with Crippen LogP contribution in [0.5, 0.6) is 5.75 Å². The first-order valence-electron chi connectivity index (χ1n) is 9.19. The van der Waals surface area contributed by atoms with Gasteiger partial charge in [0.15, 0.2) is 5.69 Å². The van der Waals surface area contributed by atoms with Crippen molar-refractivity contribution in [2.75, 3.05) is 25.2 Å². The highest BCUT2D eigenvalue weighted by atomic mass is 19.3. The van der Waals surface area contributed by atoms with E-state index in [0.29, 0.717) is 5.52 Å². The fourth-order valence-corrected chi connectivity index (χ4v) is 3.55. The SMILES string of the molecule is CCOC(=O)c1n[nH]c2cnc(N3CC(F)(F)CC3c3cc(F)ccc3OC)nc12. The summed E-state index contributed by atoms with van der Waals surface area (Å²) in [4.78, 5) is 21.8. The molecule has 1 aliphatic rings. The van der Waals surface area contributed by atoms with E-state index >= 15 is 0 Å². The van der Waals surface area contributed by atoms with E-state index < -0.39 is 36.7 Å². The van der Waals surface area contributed by atoms with Gasteiger partial charge in [-0.15, -0.1) is 0 Å². The van der Waals surface area contributed by atoms with Crippen molar-refractivity contribution in [3.05, 3.63) is 41.5 Å². The lowest BCUT2D eigenvalue weighted by Crippen LogP contribution is -2.28. The zero-order chi connectivity index (χ0) is 21.5. The fourth-order valence-electron chi connectivity index (χ4n) is 3.55. The van der Waals surface area contributed by atoms with Crippen LogP contribution in [0, 0.1) is 5.82 Å². The zero-order valence-electron chi connectivity index (χ0n) is 16.2. The number of nitrogens with one attached hydrogen (secondary N) is 1. The number of H-pyrrole nitrogens is 1. The summed E-state index contributed by atoms with van der Waals surface area (Å²) in [5.74, 6) is -4.08. The Bertz CT molecular complexity index is 1100. The number of fused-ring (bicyclic) bond motifs is 1. The lowest BCUT2D eigenvalue weighted by Gasteiger charge is -2.25. The molecule has 30 heavy (non-hydrogen) atoms. The number of carbonyl (C=O) groups is 1. The molecule has 1 unspecified atom stereocenters. The summed E-state index contributed by atoms with van der Waals surface area (Å²) in [7, 11) is 1.38. The first-order chi connectivity index (χ1) is 14.3. The largest absolute Gasteiger partial charge is 0.496 e. The molecule has 0 radical (unpaired) electrons. The van der Waals surface area contributed by atoms with Crippen LogP contribution >= 0.6 is 0 Å². The number of anilines is 1. The van der Waals surface area contributed by atoms with Gasteiger partial charge in [0, 0.05) is 12.0 Å². The quantitative estimate of drug-likeness (QED) is 0.632. The van der Waals surface area contributed by atoms with Crippen LogP contribution in [-0.2, 0) is 4.74 Å². The van der Waals surface area contributed by atoms with E-state index in [-0.39, 0.29) is 35.1 Å². The van der Waals surface area contributed by atoms with Crippen molar-refractivity contribution < 1.29 is 27.4 Å². The Hall–Kier alpha value is -3.37. The average Bonchev–Trinajstić information content (AvgIpc) is 3.28. The van der Waals surface area contributed by atoms with Gasteiger partial charge in [-0.1, -0.05) is 0 Å². The monoisotopic (exact) mass is 421 g/mol. The molecule has 11 heteroatoms. The number of aromatic amines is 1. The molecule has 3 aromatic rings. The molecule has 4 rings (SSSR count). The number of esters is 1. The molecule has 1 fully saturated rings. The summed E-state index contributed by atoms with van der Waals surface area (Å²) < 4.78 is 52.9. The maximum absolute atomic E-state index is 14.4. The van der Waals surface area contributed by atoms with Gasteiger partial charge in [0.1, 0.15) is 22.6 Å². The van der Waals surface area contributed by atoms with Gasteiger partial charge in [-0.3, -0.25) is 5.10 Å². The van der Waals surface area contributed by atoms with Crippen molar-refractivity contribution >= 4 is 23.0 Å². The Morgan fingerprint density at radius 1 is 1.40 bits per heavy atom. The van der Waals surface area contributed by atoms with Crippen molar-refractivity contribution in [1.82, 2.24) is 20.2 Å². The first-order valence-corrected chi connectivity index (χ1v) is 9.19. The molecule has 3 heterocycles. The lowest BCUT2D eigenvalue weighted by atomic mass is 10.0. The molecule has 1 aliphatic heterocycles. The summed E-state index contributed by atoms with van der Waals surface area (Å²) in [5, 5.41) is 6.51. The minimum absolute atomic E-state index is 0.0389. The van der Waals surface area contributed by atoms with Gasteiger partial charge >= 0.3 is 5.97 Å². The highest BCUT2D eigenvalue weighted by molar-refractivity contribution is 6.00. The van der Waals surface area contributed by atoms with Gasteiger partial charge in [0.2, 0.25) is 5.95 Å². The molecule has 1 atom stereocenters. The van der Waals surface area contributed by atoms with Crippen LogP contribution in [0.25, 0.3) is 11.0 Å². The Morgan fingerprint density at radius 3 is 2.93 bits per heavy atom. The molecule has 0 spiro atoms.